The highest BCUT2D eigenvalue weighted by molar-refractivity contribution is 6.38. The van der Waals surface area contributed by atoms with Crippen LogP contribution in [0.5, 0.6) is 0 Å². The van der Waals surface area contributed by atoms with E-state index in [1.54, 1.807) is 47.6 Å². The molecule has 1 aliphatic carbocycles. The van der Waals surface area contributed by atoms with Crippen LogP contribution in [0.1, 0.15) is 135 Å². The molecule has 0 saturated carbocycles. The molecule has 1 saturated heterocycles. The van der Waals surface area contributed by atoms with E-state index in [1.807, 2.05) is 32.9 Å². The summed E-state index contributed by atoms with van der Waals surface area (Å²) >= 11 is 0. The molecule has 13 nitrogen and oxygen atoms in total. The van der Waals surface area contributed by atoms with Crippen LogP contribution in [-0.2, 0) is 28.7 Å². The van der Waals surface area contributed by atoms with Crippen LogP contribution < -0.4 is 27.0 Å². The number of ether oxygens (including phenoxy) is 1. The third-order valence-electron chi connectivity index (χ3n) is 10.9. The van der Waals surface area contributed by atoms with Crippen LogP contribution in [0.25, 0.3) is 0 Å². The average molecular weight is 787 g/mol. The Morgan fingerprint density at radius 3 is 1.91 bits per heavy atom. The lowest BCUT2D eigenvalue weighted by atomic mass is 9.85. The van der Waals surface area contributed by atoms with E-state index in [1.165, 1.54) is 17.7 Å². The van der Waals surface area contributed by atoms with Crippen LogP contribution in [0, 0.1) is 16.2 Å². The molecule has 0 bridgehead atoms. The van der Waals surface area contributed by atoms with Gasteiger partial charge in [-0.15, -0.1) is 0 Å². The highest BCUT2D eigenvalue weighted by Gasteiger charge is 2.44. The fourth-order valence-electron chi connectivity index (χ4n) is 6.14. The maximum atomic E-state index is 14.1. The Morgan fingerprint density at radius 1 is 0.893 bits per heavy atom. The fraction of sp³-hybridized carbons (Fsp3) is 0.721. The predicted octanol–water partition coefficient (Wildman–Crippen LogP) is 5.63. The highest BCUT2D eigenvalue weighted by Crippen LogP contribution is 2.32. The van der Waals surface area contributed by atoms with Gasteiger partial charge in [0, 0.05) is 32.0 Å². The van der Waals surface area contributed by atoms with Crippen molar-refractivity contribution in [3.63, 3.8) is 0 Å². The number of hydrogen-bond acceptors (Lipinski definition) is 8. The van der Waals surface area contributed by atoms with Gasteiger partial charge in [0.25, 0.3) is 5.91 Å². The van der Waals surface area contributed by atoms with E-state index in [0.29, 0.717) is 31.1 Å². The topological polar surface area (TPSA) is 189 Å². The number of carbonyl (C=O) groups excluding carboxylic acids is 6. The first-order valence-electron chi connectivity index (χ1n) is 20.3. The Morgan fingerprint density at radius 2 is 1.45 bits per heavy atom. The van der Waals surface area contributed by atoms with Gasteiger partial charge in [0.05, 0.1) is 0 Å². The normalized spacial score (nSPS) is 19.6. The van der Waals surface area contributed by atoms with Crippen molar-refractivity contribution < 1.29 is 33.5 Å². The minimum atomic E-state index is -1.20. The van der Waals surface area contributed by atoms with Gasteiger partial charge in [-0.25, -0.2) is 9.59 Å². The summed E-state index contributed by atoms with van der Waals surface area (Å²) in [5.74, 6) is -3.79. The number of Topliss-reactive ketones (excluding diaryl/α,β-unsaturated/α-hetero) is 1. The average Bonchev–Trinajstić information content (AvgIpc) is 3.77. The molecule has 2 aliphatic rings. The number of nitrogens with two attached hydrogens (primary N) is 1. The van der Waals surface area contributed by atoms with E-state index in [0.717, 1.165) is 17.6 Å². The second kappa shape index (κ2) is 22.1. The lowest BCUT2D eigenvalue weighted by Crippen LogP contribution is -2.62. The predicted molar refractivity (Wildman–Crippen MR) is 222 cm³/mol. The molecule has 0 aromatic rings. The summed E-state index contributed by atoms with van der Waals surface area (Å²) in [6.45, 7) is 29.7. The quantitative estimate of drug-likeness (QED) is 0.0927. The zero-order valence-electron chi connectivity index (χ0n) is 36.6. The number of nitrogens with zero attached hydrogens (tertiary/aromatic N) is 1. The number of esters is 1. The molecule has 0 spiro atoms. The number of rotatable bonds is 17. The molecule has 0 aromatic heterocycles. The van der Waals surface area contributed by atoms with Gasteiger partial charge >= 0.3 is 12.0 Å². The number of amides is 5. The first kappa shape index (κ1) is 50.0. The first-order valence-corrected chi connectivity index (χ1v) is 20.3. The van der Waals surface area contributed by atoms with Gasteiger partial charge in [-0.1, -0.05) is 114 Å². The summed E-state index contributed by atoms with van der Waals surface area (Å²) < 4.78 is 5.87. The van der Waals surface area contributed by atoms with Crippen LogP contribution in [0.3, 0.4) is 0 Å². The molecule has 6 unspecified atom stereocenters. The molecule has 0 aromatic carbocycles. The largest absolute Gasteiger partial charge is 0.460 e. The van der Waals surface area contributed by atoms with Crippen molar-refractivity contribution in [3.8, 4) is 0 Å². The number of nitrogens with one attached hydrogen (secondary N) is 4. The molecule has 5 amide bonds. The number of hydrogen-bond donors (Lipinski definition) is 5. The van der Waals surface area contributed by atoms with E-state index in [9.17, 15) is 28.8 Å². The van der Waals surface area contributed by atoms with Gasteiger partial charge in [-0.3, -0.25) is 19.2 Å². The Bertz CT molecular complexity index is 1450. The lowest BCUT2D eigenvalue weighted by Gasteiger charge is -2.36. The Balaban J connectivity index is 0.00000203. The molecule has 56 heavy (non-hydrogen) atoms. The summed E-state index contributed by atoms with van der Waals surface area (Å²) in [4.78, 5) is 80.1. The van der Waals surface area contributed by atoms with Crippen molar-refractivity contribution in [1.82, 2.24) is 26.2 Å². The summed E-state index contributed by atoms with van der Waals surface area (Å²) in [6.07, 6.45) is 10.5. The van der Waals surface area contributed by atoms with Crippen molar-refractivity contribution in [1.29, 1.82) is 0 Å². The van der Waals surface area contributed by atoms with Gasteiger partial charge in [-0.05, 0) is 60.5 Å². The first-order chi connectivity index (χ1) is 25.9. The summed E-state index contributed by atoms with van der Waals surface area (Å²) in [5.41, 5.74) is 6.37. The monoisotopic (exact) mass is 787 g/mol. The smallest absolute Gasteiger partial charge is 0.329 e. The maximum absolute atomic E-state index is 14.1. The SMILES string of the molecule is C=CC1=C(/C=C\C)CC(OC(=O)C(NC(=O)NC(C(=O)N2CCCC2C(=O)NC(CNC(C)CC)C(=O)C(N)=O)C(C)(C)C)C(C)(C)C)C1.CCC(C)(C)CC. The van der Waals surface area contributed by atoms with E-state index >= 15 is 0 Å². The van der Waals surface area contributed by atoms with Gasteiger partial charge in [-0.2, -0.15) is 0 Å². The van der Waals surface area contributed by atoms with Gasteiger partial charge in [0.2, 0.25) is 17.6 Å². The summed E-state index contributed by atoms with van der Waals surface area (Å²) in [6, 6.07) is -4.96. The highest BCUT2D eigenvalue weighted by atomic mass is 16.5. The van der Waals surface area contributed by atoms with Crippen molar-refractivity contribution in [2.24, 2.45) is 22.0 Å². The zero-order valence-corrected chi connectivity index (χ0v) is 36.6. The number of carbonyl (C=O) groups is 6. The van der Waals surface area contributed by atoms with Crippen molar-refractivity contribution in [2.75, 3.05) is 13.1 Å². The molecule has 6 atom stereocenters. The molecule has 1 heterocycles. The summed E-state index contributed by atoms with van der Waals surface area (Å²) in [7, 11) is 0. The molecule has 13 heteroatoms. The Labute approximate surface area is 336 Å². The Hall–Kier alpha value is -4.00. The van der Waals surface area contributed by atoms with Crippen molar-refractivity contribution in [2.45, 2.75) is 171 Å². The zero-order chi connectivity index (χ0) is 43.2. The van der Waals surface area contributed by atoms with E-state index in [4.69, 9.17) is 10.5 Å². The maximum Gasteiger partial charge on any atom is 0.329 e. The standard InChI is InChI=1S/C36H58N6O7.C7H16/c1-11-15-23-19-24(18-22(23)13-3)49-33(47)29(36(8,9)10)41-34(48)40-28(35(5,6)7)32(46)42-17-14-16-26(42)31(45)39-25(27(43)30(37)44)20-38-21(4)12-2;1-5-7(3,4)6-2/h11,13,15,21,24-26,28-29,38H,3,12,14,16-20H2,1-2,4-10H3,(H2,37,44)(H,39,45)(H2,40,41,48);5-6H2,1-4H3/b15-11-;. The van der Waals surface area contributed by atoms with Gasteiger partial charge < -0.3 is 36.6 Å². The van der Waals surface area contributed by atoms with Crippen LogP contribution in [-0.4, -0.2) is 89.8 Å². The van der Waals surface area contributed by atoms with Gasteiger partial charge in [0.15, 0.2) is 0 Å². The number of allylic oxidation sites excluding steroid dienone is 3. The summed E-state index contributed by atoms with van der Waals surface area (Å²) in [5, 5.41) is 11.2. The number of urea groups is 1. The minimum Gasteiger partial charge on any atom is -0.460 e. The third-order valence-corrected chi connectivity index (χ3v) is 10.9. The van der Waals surface area contributed by atoms with Crippen LogP contribution in [0.4, 0.5) is 4.79 Å². The van der Waals surface area contributed by atoms with Crippen molar-refractivity contribution >= 4 is 35.5 Å². The molecular formula is C43H74N6O7. The van der Waals surface area contributed by atoms with Crippen LogP contribution in [0.15, 0.2) is 36.0 Å². The fourth-order valence-corrected chi connectivity index (χ4v) is 6.14. The number of ketones is 1. The molecule has 2 rings (SSSR count). The second-order valence-electron chi connectivity index (χ2n) is 18.0. The van der Waals surface area contributed by atoms with Crippen LogP contribution >= 0.6 is 0 Å². The molecule has 0 radical (unpaired) electrons. The van der Waals surface area contributed by atoms with E-state index < -0.39 is 76.6 Å². The molecule has 1 aliphatic heterocycles. The minimum absolute atomic E-state index is 0.00344. The Kier molecular flexibility index (Phi) is 19.7. The number of primary amides is 1. The lowest BCUT2D eigenvalue weighted by molar-refractivity contribution is -0.153. The van der Waals surface area contributed by atoms with Crippen molar-refractivity contribution in [3.05, 3.63) is 36.0 Å². The van der Waals surface area contributed by atoms with E-state index in [2.05, 4.69) is 55.5 Å². The van der Waals surface area contributed by atoms with E-state index in [-0.39, 0.29) is 19.1 Å². The molecule has 6 N–H and O–H groups in total. The molecular weight excluding hydrogens is 713 g/mol. The van der Waals surface area contributed by atoms with Crippen LogP contribution in [0.2, 0.25) is 0 Å². The molecule has 318 valence electrons. The molecule has 1 fully saturated rings. The number of likely N-dealkylation sites (tertiary alicyclic amines) is 1. The third kappa shape index (κ3) is 15.5. The van der Waals surface area contributed by atoms with Gasteiger partial charge in [0.1, 0.15) is 30.3 Å². The second-order valence-corrected chi connectivity index (χ2v) is 18.0.